The lowest BCUT2D eigenvalue weighted by molar-refractivity contribution is 0.269. The number of aromatic amines is 1. The van der Waals surface area contributed by atoms with Crippen molar-refractivity contribution < 1.29 is 9.47 Å². The molecule has 1 aromatic heterocycles. The molecule has 1 heterocycles. The highest BCUT2D eigenvalue weighted by atomic mass is 32.1. The van der Waals surface area contributed by atoms with Gasteiger partial charge in [-0.2, -0.15) is 14.9 Å². The molecule has 29 heavy (non-hydrogen) atoms. The Hall–Kier alpha value is -2.93. The Labute approximate surface area is 176 Å². The number of nitrogens with one attached hydrogen (secondary N) is 1. The van der Waals surface area contributed by atoms with E-state index in [0.717, 1.165) is 17.8 Å². The van der Waals surface area contributed by atoms with E-state index in [0.29, 0.717) is 29.5 Å². The van der Waals surface area contributed by atoms with Crippen molar-refractivity contribution in [3.8, 4) is 11.5 Å². The zero-order valence-electron chi connectivity index (χ0n) is 17.2. The van der Waals surface area contributed by atoms with Crippen molar-refractivity contribution in [3.63, 3.8) is 0 Å². The van der Waals surface area contributed by atoms with Gasteiger partial charge >= 0.3 is 0 Å². The number of benzene rings is 2. The molecule has 3 aromatic rings. The average molecular weight is 411 g/mol. The molecule has 0 fully saturated rings. The van der Waals surface area contributed by atoms with Crippen LogP contribution >= 0.6 is 12.2 Å². The highest BCUT2D eigenvalue weighted by Gasteiger charge is 2.08. The summed E-state index contributed by atoms with van der Waals surface area (Å²) in [5.74, 6) is 2.18. The van der Waals surface area contributed by atoms with Crippen LogP contribution in [0.2, 0.25) is 0 Å². The van der Waals surface area contributed by atoms with E-state index >= 15 is 0 Å². The summed E-state index contributed by atoms with van der Waals surface area (Å²) >= 11 is 5.23. The molecular formula is C22H26N4O2S. The third kappa shape index (κ3) is 5.12. The standard InChI is InChI=1S/C22H26N4O2S/c1-5-21-24-25-22(29)26(21)23-13-17-9-10-19(20(12-17)27-6-2)28-14-18-11-15(3)7-8-16(18)4/h7-13H,5-6,14H2,1-4H3,(H,25,29)/b23-13-. The van der Waals surface area contributed by atoms with Crippen molar-refractivity contribution in [3.05, 3.63) is 69.2 Å². The zero-order valence-corrected chi connectivity index (χ0v) is 18.0. The van der Waals surface area contributed by atoms with E-state index in [9.17, 15) is 0 Å². The van der Waals surface area contributed by atoms with Crippen LogP contribution in [0.5, 0.6) is 11.5 Å². The van der Waals surface area contributed by atoms with Gasteiger partial charge in [0.2, 0.25) is 4.77 Å². The summed E-state index contributed by atoms with van der Waals surface area (Å²) in [6.07, 6.45) is 2.47. The molecule has 152 valence electrons. The van der Waals surface area contributed by atoms with Crippen LogP contribution in [-0.2, 0) is 13.0 Å². The van der Waals surface area contributed by atoms with Gasteiger partial charge in [-0.3, -0.25) is 5.10 Å². The summed E-state index contributed by atoms with van der Waals surface area (Å²) in [5, 5.41) is 11.4. The maximum Gasteiger partial charge on any atom is 0.216 e. The van der Waals surface area contributed by atoms with E-state index in [4.69, 9.17) is 21.7 Å². The Morgan fingerprint density at radius 1 is 1.10 bits per heavy atom. The molecule has 0 atom stereocenters. The van der Waals surface area contributed by atoms with Gasteiger partial charge in [0.05, 0.1) is 12.8 Å². The number of ether oxygens (including phenoxy) is 2. The molecule has 0 unspecified atom stereocenters. The van der Waals surface area contributed by atoms with Crippen LogP contribution in [0.3, 0.4) is 0 Å². The van der Waals surface area contributed by atoms with Crippen LogP contribution < -0.4 is 9.47 Å². The summed E-state index contributed by atoms with van der Waals surface area (Å²) in [7, 11) is 0. The Morgan fingerprint density at radius 2 is 1.93 bits per heavy atom. The number of aryl methyl sites for hydroxylation is 3. The van der Waals surface area contributed by atoms with Gasteiger partial charge in [0.1, 0.15) is 6.61 Å². The van der Waals surface area contributed by atoms with Gasteiger partial charge in [0.15, 0.2) is 17.3 Å². The first-order valence-electron chi connectivity index (χ1n) is 9.68. The molecule has 0 spiro atoms. The Balaban J connectivity index is 1.81. The smallest absolute Gasteiger partial charge is 0.216 e. The van der Waals surface area contributed by atoms with Gasteiger partial charge in [0, 0.05) is 6.42 Å². The number of H-pyrrole nitrogens is 1. The molecule has 0 amide bonds. The molecule has 0 aliphatic carbocycles. The number of hydrogen-bond donors (Lipinski definition) is 1. The SMILES string of the molecule is CCOc1cc(/C=N\n2c(CC)n[nH]c2=S)ccc1OCc1cc(C)ccc1C. The lowest BCUT2D eigenvalue weighted by atomic mass is 10.1. The number of rotatable bonds is 8. The largest absolute Gasteiger partial charge is 0.490 e. The lowest BCUT2D eigenvalue weighted by Crippen LogP contribution is -2.02. The topological polar surface area (TPSA) is 64.4 Å². The molecule has 6 nitrogen and oxygen atoms in total. The third-order valence-corrected chi connectivity index (χ3v) is 4.78. The average Bonchev–Trinajstić information content (AvgIpc) is 3.07. The van der Waals surface area contributed by atoms with Crippen LogP contribution in [0.15, 0.2) is 41.5 Å². The van der Waals surface area contributed by atoms with Crippen molar-refractivity contribution in [1.82, 2.24) is 14.9 Å². The molecule has 2 aromatic carbocycles. The summed E-state index contributed by atoms with van der Waals surface area (Å²) in [6, 6.07) is 12.1. The van der Waals surface area contributed by atoms with Crippen LogP contribution in [0.4, 0.5) is 0 Å². The minimum absolute atomic E-state index is 0.469. The van der Waals surface area contributed by atoms with Crippen LogP contribution in [-0.4, -0.2) is 27.7 Å². The highest BCUT2D eigenvalue weighted by Crippen LogP contribution is 2.29. The first-order valence-corrected chi connectivity index (χ1v) is 10.1. The Bertz CT molecular complexity index is 1070. The number of nitrogens with zero attached hydrogens (tertiary/aromatic N) is 3. The van der Waals surface area contributed by atoms with Crippen molar-refractivity contribution in [1.29, 1.82) is 0 Å². The normalized spacial score (nSPS) is 11.2. The summed E-state index contributed by atoms with van der Waals surface area (Å²) < 4.78 is 14.0. The molecule has 0 aliphatic heterocycles. The molecule has 0 aliphatic rings. The summed E-state index contributed by atoms with van der Waals surface area (Å²) in [4.78, 5) is 0. The maximum atomic E-state index is 6.07. The van der Waals surface area contributed by atoms with Gasteiger partial charge in [-0.25, -0.2) is 0 Å². The Kier molecular flexibility index (Phi) is 6.82. The number of hydrogen-bond acceptors (Lipinski definition) is 5. The molecule has 7 heteroatoms. The molecule has 1 N–H and O–H groups in total. The predicted octanol–water partition coefficient (Wildman–Crippen LogP) is 4.98. The van der Waals surface area contributed by atoms with Crippen molar-refractivity contribution in [2.75, 3.05) is 6.61 Å². The first-order chi connectivity index (χ1) is 14.0. The Morgan fingerprint density at radius 3 is 2.69 bits per heavy atom. The lowest BCUT2D eigenvalue weighted by Gasteiger charge is -2.14. The zero-order chi connectivity index (χ0) is 20.8. The molecule has 0 bridgehead atoms. The van der Waals surface area contributed by atoms with Crippen molar-refractivity contribution in [2.45, 2.75) is 40.7 Å². The third-order valence-electron chi connectivity index (χ3n) is 4.51. The first kappa shape index (κ1) is 20.8. The van der Waals surface area contributed by atoms with E-state index in [-0.39, 0.29) is 0 Å². The number of aromatic nitrogens is 3. The van der Waals surface area contributed by atoms with Gasteiger partial charge in [-0.1, -0.05) is 30.7 Å². The van der Waals surface area contributed by atoms with E-state index in [1.165, 1.54) is 16.7 Å². The van der Waals surface area contributed by atoms with Gasteiger partial charge < -0.3 is 9.47 Å². The molecule has 0 saturated heterocycles. The van der Waals surface area contributed by atoms with E-state index in [2.05, 4.69) is 47.3 Å². The van der Waals surface area contributed by atoms with Crippen molar-refractivity contribution in [2.24, 2.45) is 5.10 Å². The van der Waals surface area contributed by atoms with E-state index in [1.807, 2.05) is 32.0 Å². The fourth-order valence-corrected chi connectivity index (χ4v) is 3.10. The second-order valence-corrected chi connectivity index (χ2v) is 7.10. The van der Waals surface area contributed by atoms with Crippen LogP contribution in [0.1, 0.15) is 41.9 Å². The molecule has 0 saturated carbocycles. The fourth-order valence-electron chi connectivity index (χ4n) is 2.90. The monoisotopic (exact) mass is 410 g/mol. The molecule has 0 radical (unpaired) electrons. The maximum absolute atomic E-state index is 6.07. The van der Waals surface area contributed by atoms with Gasteiger partial charge in [-0.05, 0) is 67.9 Å². The molecular weight excluding hydrogens is 384 g/mol. The van der Waals surface area contributed by atoms with Gasteiger partial charge in [0.25, 0.3) is 0 Å². The summed E-state index contributed by atoms with van der Waals surface area (Å²) in [5.41, 5.74) is 4.48. The van der Waals surface area contributed by atoms with E-state index in [1.54, 1.807) is 10.9 Å². The minimum atomic E-state index is 0.469. The molecule has 3 rings (SSSR count). The second kappa shape index (κ2) is 9.52. The fraction of sp³-hybridized carbons (Fsp3) is 0.318. The summed E-state index contributed by atoms with van der Waals surface area (Å²) in [6.45, 7) is 9.17. The van der Waals surface area contributed by atoms with E-state index < -0.39 is 0 Å². The van der Waals surface area contributed by atoms with Crippen molar-refractivity contribution >= 4 is 18.4 Å². The quantitative estimate of drug-likeness (QED) is 0.420. The minimum Gasteiger partial charge on any atom is -0.490 e. The second-order valence-electron chi connectivity index (χ2n) is 6.71. The van der Waals surface area contributed by atoms with Gasteiger partial charge in [-0.15, -0.1) is 0 Å². The van der Waals surface area contributed by atoms with Crippen LogP contribution in [0.25, 0.3) is 0 Å². The van der Waals surface area contributed by atoms with Crippen LogP contribution in [0, 0.1) is 18.6 Å². The predicted molar refractivity (Wildman–Crippen MR) is 118 cm³/mol. The highest BCUT2D eigenvalue weighted by molar-refractivity contribution is 7.71.